The molecule has 0 N–H and O–H groups in total. The quantitative estimate of drug-likeness (QED) is 0.0685. The predicted octanol–water partition coefficient (Wildman–Crippen LogP) is 12.6. The molecule has 2 nitrogen and oxygen atoms in total. The first-order valence-corrected chi connectivity index (χ1v) is 18.5. The molecule has 0 spiro atoms. The van der Waals surface area contributed by atoms with Crippen LogP contribution < -0.4 is 4.57 Å². The molecule has 0 fully saturated rings. The Kier molecular flexibility index (Phi) is 22.7. The van der Waals surface area contributed by atoms with Crippen LogP contribution in [-0.4, -0.2) is 4.57 Å². The van der Waals surface area contributed by atoms with E-state index in [4.69, 9.17) is 0 Å². The molecule has 2 aromatic rings. The Morgan fingerprint density at radius 1 is 0.463 bits per heavy atom. The molecule has 0 atom stereocenters. The fraction of sp³-hybridized carbons (Fsp3) is 0.769. The molecular formula is C39H69N2+. The van der Waals surface area contributed by atoms with Gasteiger partial charge in [-0.1, -0.05) is 173 Å². The molecule has 0 saturated carbocycles. The van der Waals surface area contributed by atoms with Gasteiger partial charge in [-0.2, -0.15) is 0 Å². The summed E-state index contributed by atoms with van der Waals surface area (Å²) in [7, 11) is 0. The standard InChI is InChI=1S/C39H69N2/c1-3-5-7-9-11-13-14-15-16-17-18-19-20-22-24-26-31-35-41-37-36-40(39(41)38-32-28-27-29-33-38)34-30-25-23-21-12-10-8-6-4-2/h27-29,32-33,36-37H,3-26,30-31,34-35H2,1-2H3/q+1. The lowest BCUT2D eigenvalue weighted by Crippen LogP contribution is -2.34. The van der Waals surface area contributed by atoms with Crippen LogP contribution in [0.15, 0.2) is 42.7 Å². The highest BCUT2D eigenvalue weighted by Gasteiger charge is 2.18. The van der Waals surface area contributed by atoms with Crippen molar-refractivity contribution in [1.82, 2.24) is 4.57 Å². The van der Waals surface area contributed by atoms with Crippen LogP contribution in [0.1, 0.15) is 181 Å². The van der Waals surface area contributed by atoms with Crippen molar-refractivity contribution in [3.8, 4) is 11.4 Å². The van der Waals surface area contributed by atoms with E-state index in [1.807, 2.05) is 0 Å². The first-order valence-electron chi connectivity index (χ1n) is 18.5. The average Bonchev–Trinajstić information content (AvgIpc) is 3.40. The minimum absolute atomic E-state index is 1.14. The third-order valence-electron chi connectivity index (χ3n) is 9.01. The number of aromatic nitrogens is 2. The van der Waals surface area contributed by atoms with Crippen LogP contribution in [-0.2, 0) is 13.1 Å². The molecule has 2 heteroatoms. The first-order chi connectivity index (χ1) is 20.4. The molecule has 0 aliphatic heterocycles. The van der Waals surface area contributed by atoms with E-state index in [0.717, 1.165) is 13.1 Å². The minimum atomic E-state index is 1.14. The van der Waals surface area contributed by atoms with Crippen LogP contribution in [0.25, 0.3) is 11.4 Å². The van der Waals surface area contributed by atoms with Gasteiger partial charge in [0.15, 0.2) is 0 Å². The van der Waals surface area contributed by atoms with Crippen molar-refractivity contribution in [3.05, 3.63) is 42.7 Å². The second-order valence-corrected chi connectivity index (χ2v) is 12.9. The normalized spacial score (nSPS) is 11.5. The SMILES string of the molecule is CCCCCCCCCCCCCCCCCCCn1cc[n+](CCCCCCCCCCC)c1-c1ccccc1. The van der Waals surface area contributed by atoms with Gasteiger partial charge in [0, 0.05) is 0 Å². The second kappa shape index (κ2) is 26.1. The van der Waals surface area contributed by atoms with E-state index in [-0.39, 0.29) is 0 Å². The topological polar surface area (TPSA) is 8.81 Å². The maximum Gasteiger partial charge on any atom is 0.288 e. The highest BCUT2D eigenvalue weighted by atomic mass is 15.1. The number of nitrogens with zero attached hydrogens (tertiary/aromatic N) is 2. The molecule has 1 aromatic carbocycles. The summed E-state index contributed by atoms with van der Waals surface area (Å²) in [6.45, 7) is 6.90. The minimum Gasteiger partial charge on any atom is -0.230 e. The molecule has 0 aliphatic rings. The predicted molar refractivity (Wildman–Crippen MR) is 181 cm³/mol. The van der Waals surface area contributed by atoms with E-state index >= 15 is 0 Å². The smallest absolute Gasteiger partial charge is 0.230 e. The van der Waals surface area contributed by atoms with Crippen molar-refractivity contribution in [2.45, 2.75) is 194 Å². The largest absolute Gasteiger partial charge is 0.288 e. The Morgan fingerprint density at radius 2 is 0.854 bits per heavy atom. The van der Waals surface area contributed by atoms with E-state index in [9.17, 15) is 0 Å². The summed E-state index contributed by atoms with van der Waals surface area (Å²) in [5, 5.41) is 0. The van der Waals surface area contributed by atoms with Crippen LogP contribution in [0.4, 0.5) is 0 Å². The van der Waals surface area contributed by atoms with Crippen molar-refractivity contribution < 1.29 is 4.57 Å². The van der Waals surface area contributed by atoms with E-state index in [0.29, 0.717) is 0 Å². The van der Waals surface area contributed by atoms with Gasteiger partial charge in [-0.25, -0.2) is 9.13 Å². The van der Waals surface area contributed by atoms with Crippen LogP contribution in [0.3, 0.4) is 0 Å². The Balaban J connectivity index is 1.54. The number of rotatable bonds is 29. The number of hydrogen-bond acceptors (Lipinski definition) is 0. The summed E-state index contributed by atoms with van der Waals surface area (Å²) in [4.78, 5) is 0. The van der Waals surface area contributed by atoms with E-state index in [1.54, 1.807) is 0 Å². The van der Waals surface area contributed by atoms with E-state index in [2.05, 4.69) is 65.7 Å². The number of unbranched alkanes of at least 4 members (excludes halogenated alkanes) is 24. The van der Waals surface area contributed by atoms with E-state index < -0.39 is 0 Å². The molecule has 41 heavy (non-hydrogen) atoms. The molecule has 0 radical (unpaired) electrons. The van der Waals surface area contributed by atoms with Crippen molar-refractivity contribution in [1.29, 1.82) is 0 Å². The van der Waals surface area contributed by atoms with Gasteiger partial charge in [0.2, 0.25) is 0 Å². The van der Waals surface area contributed by atoms with Crippen molar-refractivity contribution in [2.75, 3.05) is 0 Å². The van der Waals surface area contributed by atoms with Gasteiger partial charge in [0.25, 0.3) is 5.82 Å². The van der Waals surface area contributed by atoms with Crippen molar-refractivity contribution in [2.24, 2.45) is 0 Å². The van der Waals surface area contributed by atoms with Gasteiger partial charge in [-0.3, -0.25) is 0 Å². The molecule has 234 valence electrons. The molecule has 1 aromatic heterocycles. The highest BCUT2D eigenvalue weighted by Crippen LogP contribution is 2.19. The second-order valence-electron chi connectivity index (χ2n) is 12.9. The fourth-order valence-electron chi connectivity index (χ4n) is 6.35. The third-order valence-corrected chi connectivity index (χ3v) is 9.01. The summed E-state index contributed by atoms with van der Waals surface area (Å²) in [6.07, 6.45) is 41.6. The van der Waals surface area contributed by atoms with Crippen LogP contribution in [0, 0.1) is 0 Å². The van der Waals surface area contributed by atoms with Crippen LogP contribution in [0.5, 0.6) is 0 Å². The summed E-state index contributed by atoms with van der Waals surface area (Å²) < 4.78 is 5.04. The molecule has 0 saturated heterocycles. The molecule has 0 unspecified atom stereocenters. The molecule has 0 aliphatic carbocycles. The first kappa shape index (κ1) is 35.6. The Morgan fingerprint density at radius 3 is 1.29 bits per heavy atom. The lowest BCUT2D eigenvalue weighted by atomic mass is 10.0. The Hall–Kier alpha value is -1.57. The lowest BCUT2D eigenvalue weighted by Gasteiger charge is -2.07. The average molecular weight is 566 g/mol. The zero-order valence-electron chi connectivity index (χ0n) is 27.7. The summed E-state index contributed by atoms with van der Waals surface area (Å²) in [6, 6.07) is 11.1. The van der Waals surface area contributed by atoms with Crippen molar-refractivity contribution >= 4 is 0 Å². The van der Waals surface area contributed by atoms with Gasteiger partial charge in [0.05, 0.1) is 18.7 Å². The Labute approximate surface area is 256 Å². The van der Waals surface area contributed by atoms with Crippen molar-refractivity contribution in [3.63, 3.8) is 0 Å². The van der Waals surface area contributed by atoms with E-state index in [1.165, 1.54) is 178 Å². The number of benzene rings is 1. The third kappa shape index (κ3) is 17.9. The van der Waals surface area contributed by atoms with Gasteiger partial charge in [0.1, 0.15) is 12.4 Å². The monoisotopic (exact) mass is 566 g/mol. The summed E-state index contributed by atoms with van der Waals surface area (Å²) in [5.41, 5.74) is 1.36. The maximum absolute atomic E-state index is 2.52. The molecule has 1 heterocycles. The van der Waals surface area contributed by atoms with Gasteiger partial charge in [-0.15, -0.1) is 0 Å². The zero-order valence-corrected chi connectivity index (χ0v) is 27.7. The van der Waals surface area contributed by atoms with Crippen LogP contribution >= 0.6 is 0 Å². The molecular weight excluding hydrogens is 496 g/mol. The van der Waals surface area contributed by atoms with Crippen LogP contribution in [0.2, 0.25) is 0 Å². The fourth-order valence-corrected chi connectivity index (χ4v) is 6.35. The van der Waals surface area contributed by atoms with Gasteiger partial charge >= 0.3 is 0 Å². The molecule has 2 rings (SSSR count). The van der Waals surface area contributed by atoms with Gasteiger partial charge < -0.3 is 0 Å². The number of imidazole rings is 1. The Bertz CT molecular complexity index is 808. The highest BCUT2D eigenvalue weighted by molar-refractivity contribution is 5.52. The number of hydrogen-bond donors (Lipinski definition) is 0. The number of aryl methyl sites for hydroxylation is 2. The zero-order chi connectivity index (χ0) is 29.1. The maximum atomic E-state index is 2.52. The van der Waals surface area contributed by atoms with Gasteiger partial charge in [-0.05, 0) is 37.8 Å². The molecule has 0 bridgehead atoms. The lowest BCUT2D eigenvalue weighted by molar-refractivity contribution is -0.686. The molecule has 0 amide bonds. The summed E-state index contributed by atoms with van der Waals surface area (Å²) >= 11 is 0. The summed E-state index contributed by atoms with van der Waals surface area (Å²) in [5.74, 6) is 1.40.